The number of hydrogen-bond acceptors (Lipinski definition) is 2. The maximum Gasteiger partial charge on any atom is 0.419 e. The van der Waals surface area contributed by atoms with Crippen LogP contribution in [-0.4, -0.2) is 17.4 Å². The third-order valence-electron chi connectivity index (χ3n) is 4.74. The fourth-order valence-electron chi connectivity index (χ4n) is 3.24. The second kappa shape index (κ2) is 7.66. The number of rotatable bonds is 4. The van der Waals surface area contributed by atoms with E-state index in [1.807, 2.05) is 13.0 Å². The summed E-state index contributed by atoms with van der Waals surface area (Å²) in [5.41, 5.74) is 1.51. The average Bonchev–Trinajstić information content (AvgIpc) is 2.65. The van der Waals surface area contributed by atoms with Crippen LogP contribution in [0.2, 0.25) is 0 Å². The van der Waals surface area contributed by atoms with Crippen LogP contribution < -0.4 is 4.74 Å². The van der Waals surface area contributed by atoms with Gasteiger partial charge in [-0.15, -0.1) is 0 Å². The Kier molecular flexibility index (Phi) is 5.45. The van der Waals surface area contributed by atoms with Crippen molar-refractivity contribution in [1.82, 2.24) is 4.90 Å². The minimum Gasteiger partial charge on any atom is -0.457 e. The Labute approximate surface area is 160 Å². The molecule has 0 atom stereocenters. The number of aryl methyl sites for hydroxylation is 1. The van der Waals surface area contributed by atoms with Gasteiger partial charge in [0.25, 0.3) is 0 Å². The summed E-state index contributed by atoms with van der Waals surface area (Å²) in [6, 6.07) is 6.24. The number of carbonyl (C=O) groups excluding carboxylic acids is 1. The second-order valence-electron chi connectivity index (χ2n) is 6.54. The van der Waals surface area contributed by atoms with Gasteiger partial charge in [0.15, 0.2) is 0 Å². The van der Waals surface area contributed by atoms with Gasteiger partial charge in [0.2, 0.25) is 5.91 Å². The van der Waals surface area contributed by atoms with Crippen LogP contribution >= 0.6 is 0 Å². The lowest BCUT2D eigenvalue weighted by Gasteiger charge is -2.29. The first-order valence-corrected chi connectivity index (χ1v) is 8.83. The van der Waals surface area contributed by atoms with E-state index >= 15 is 0 Å². The first-order chi connectivity index (χ1) is 13.2. The molecule has 1 heterocycles. The number of ether oxygens (including phenoxy) is 1. The summed E-state index contributed by atoms with van der Waals surface area (Å²) in [4.78, 5) is 13.5. The molecule has 2 aromatic rings. The molecule has 0 bridgehead atoms. The Morgan fingerprint density at radius 2 is 2.00 bits per heavy atom. The van der Waals surface area contributed by atoms with Gasteiger partial charge in [-0.2, -0.15) is 13.2 Å². The van der Waals surface area contributed by atoms with E-state index in [9.17, 15) is 22.4 Å². The fraction of sp³-hybridized carbons (Fsp3) is 0.286. The molecule has 28 heavy (non-hydrogen) atoms. The molecule has 3 nitrogen and oxygen atoms in total. The molecule has 0 spiro atoms. The molecule has 0 radical (unpaired) electrons. The van der Waals surface area contributed by atoms with Crippen molar-refractivity contribution in [3.05, 3.63) is 71.1 Å². The van der Waals surface area contributed by atoms with E-state index in [2.05, 4.69) is 6.58 Å². The van der Waals surface area contributed by atoms with Gasteiger partial charge < -0.3 is 9.64 Å². The van der Waals surface area contributed by atoms with Crippen LogP contribution in [0.4, 0.5) is 17.6 Å². The Hall–Kier alpha value is -2.83. The molecular formula is C21H19F4NO2. The van der Waals surface area contributed by atoms with Gasteiger partial charge in [0.05, 0.1) is 5.56 Å². The van der Waals surface area contributed by atoms with E-state index < -0.39 is 17.6 Å². The topological polar surface area (TPSA) is 29.5 Å². The molecule has 2 aromatic carbocycles. The van der Waals surface area contributed by atoms with E-state index in [-0.39, 0.29) is 11.7 Å². The highest BCUT2D eigenvalue weighted by molar-refractivity contribution is 5.87. The highest BCUT2D eigenvalue weighted by Gasteiger charge is 2.34. The van der Waals surface area contributed by atoms with Crippen molar-refractivity contribution < 1.29 is 27.1 Å². The van der Waals surface area contributed by atoms with E-state index in [0.29, 0.717) is 37.7 Å². The van der Waals surface area contributed by atoms with Gasteiger partial charge in [-0.3, -0.25) is 4.79 Å². The lowest BCUT2D eigenvalue weighted by molar-refractivity contribution is -0.140. The molecule has 1 aliphatic rings. The van der Waals surface area contributed by atoms with E-state index in [1.165, 1.54) is 6.08 Å². The highest BCUT2D eigenvalue weighted by atomic mass is 19.4. The smallest absolute Gasteiger partial charge is 0.419 e. The molecule has 0 unspecified atom stereocenters. The molecule has 0 N–H and O–H groups in total. The van der Waals surface area contributed by atoms with Crippen molar-refractivity contribution in [2.75, 3.05) is 6.54 Å². The molecule has 1 amide bonds. The summed E-state index contributed by atoms with van der Waals surface area (Å²) in [5, 5.41) is 0. The zero-order valence-corrected chi connectivity index (χ0v) is 15.3. The number of nitrogens with zero attached hydrogens (tertiary/aromatic N) is 1. The van der Waals surface area contributed by atoms with Crippen molar-refractivity contribution >= 4 is 5.91 Å². The molecule has 148 valence electrons. The van der Waals surface area contributed by atoms with Crippen LogP contribution in [0.5, 0.6) is 11.5 Å². The number of alkyl halides is 3. The lowest BCUT2D eigenvalue weighted by Crippen LogP contribution is -2.34. The quantitative estimate of drug-likeness (QED) is 0.523. The van der Waals surface area contributed by atoms with Gasteiger partial charge in [-0.1, -0.05) is 19.6 Å². The number of amides is 1. The first kappa shape index (κ1) is 19.9. The predicted molar refractivity (Wildman–Crippen MR) is 96.6 cm³/mol. The maximum atomic E-state index is 13.8. The van der Waals surface area contributed by atoms with Gasteiger partial charge >= 0.3 is 6.18 Å². The fourth-order valence-corrected chi connectivity index (χ4v) is 3.24. The average molecular weight is 393 g/mol. The maximum absolute atomic E-state index is 13.8. The number of hydrogen-bond donors (Lipinski definition) is 0. The standard InChI is InChI=1S/C21H19F4NO2/c1-3-13-9-14-7-8-26(20(27)4-2)12-15(14)10-19(13)28-16-5-6-17(18(22)11-16)21(23,24)25/h4-6,9-11H,2-3,7-8,12H2,1H3. The van der Waals surface area contributed by atoms with E-state index in [0.717, 1.165) is 28.8 Å². The zero-order valence-electron chi connectivity index (χ0n) is 15.3. The molecule has 0 fully saturated rings. The largest absolute Gasteiger partial charge is 0.457 e. The van der Waals surface area contributed by atoms with Gasteiger partial charge in [-0.05, 0) is 53.8 Å². The molecule has 0 aliphatic carbocycles. The molecule has 1 aliphatic heterocycles. The summed E-state index contributed by atoms with van der Waals surface area (Å²) < 4.78 is 57.7. The summed E-state index contributed by atoms with van der Waals surface area (Å²) in [7, 11) is 0. The second-order valence-corrected chi connectivity index (χ2v) is 6.54. The summed E-state index contributed by atoms with van der Waals surface area (Å²) in [6.45, 7) is 6.40. The highest BCUT2D eigenvalue weighted by Crippen LogP contribution is 2.36. The lowest BCUT2D eigenvalue weighted by atomic mass is 9.95. The third-order valence-corrected chi connectivity index (χ3v) is 4.74. The molecule has 7 heteroatoms. The predicted octanol–water partition coefficient (Wildman–Crippen LogP) is 5.27. The Bertz CT molecular complexity index is 921. The van der Waals surface area contributed by atoms with Gasteiger partial charge in [-0.25, -0.2) is 4.39 Å². The van der Waals surface area contributed by atoms with Crippen LogP contribution in [-0.2, 0) is 30.4 Å². The molecule has 0 saturated heterocycles. The van der Waals surface area contributed by atoms with Crippen LogP contribution in [0.25, 0.3) is 0 Å². The third kappa shape index (κ3) is 4.03. The van der Waals surface area contributed by atoms with E-state index in [1.54, 1.807) is 11.0 Å². The van der Waals surface area contributed by atoms with E-state index in [4.69, 9.17) is 4.74 Å². The zero-order chi connectivity index (χ0) is 20.5. The van der Waals surface area contributed by atoms with Crippen LogP contribution in [0.15, 0.2) is 43.0 Å². The first-order valence-electron chi connectivity index (χ1n) is 8.83. The Morgan fingerprint density at radius 1 is 1.25 bits per heavy atom. The number of halogens is 4. The molecule has 0 aromatic heterocycles. The van der Waals surface area contributed by atoms with Crippen LogP contribution in [0.1, 0.15) is 29.2 Å². The minimum atomic E-state index is -4.76. The summed E-state index contributed by atoms with van der Waals surface area (Å²) >= 11 is 0. The van der Waals surface area contributed by atoms with Crippen molar-refractivity contribution in [1.29, 1.82) is 0 Å². The Morgan fingerprint density at radius 3 is 2.61 bits per heavy atom. The van der Waals surface area contributed by atoms with Crippen molar-refractivity contribution in [2.24, 2.45) is 0 Å². The summed E-state index contributed by atoms with van der Waals surface area (Å²) in [5.74, 6) is -1.13. The van der Waals surface area contributed by atoms with Crippen LogP contribution in [0.3, 0.4) is 0 Å². The molecule has 0 saturated carbocycles. The van der Waals surface area contributed by atoms with Gasteiger partial charge in [0, 0.05) is 19.2 Å². The van der Waals surface area contributed by atoms with Crippen molar-refractivity contribution in [3.8, 4) is 11.5 Å². The van der Waals surface area contributed by atoms with Crippen LogP contribution in [0, 0.1) is 5.82 Å². The Balaban J connectivity index is 1.91. The number of carbonyl (C=O) groups is 1. The van der Waals surface area contributed by atoms with Gasteiger partial charge in [0.1, 0.15) is 17.3 Å². The normalized spacial score (nSPS) is 13.8. The number of benzene rings is 2. The van der Waals surface area contributed by atoms with Crippen molar-refractivity contribution in [3.63, 3.8) is 0 Å². The SMILES string of the molecule is C=CC(=O)N1CCc2cc(CC)c(Oc3ccc(C(F)(F)F)c(F)c3)cc2C1. The molecular weight excluding hydrogens is 374 g/mol. The molecule has 3 rings (SSSR count). The minimum absolute atomic E-state index is 0.0185. The summed E-state index contributed by atoms with van der Waals surface area (Å²) in [6.07, 6.45) is -2.17. The monoisotopic (exact) mass is 393 g/mol. The van der Waals surface area contributed by atoms with Crippen molar-refractivity contribution in [2.45, 2.75) is 32.5 Å². The number of fused-ring (bicyclic) bond motifs is 1.